The number of nitrogens with one attached hydrogen (secondary N) is 1. The van der Waals surface area contributed by atoms with Crippen molar-refractivity contribution < 1.29 is 9.90 Å². The van der Waals surface area contributed by atoms with Crippen LogP contribution in [0.25, 0.3) is 10.8 Å². The van der Waals surface area contributed by atoms with E-state index in [1.54, 1.807) is 18.8 Å². The minimum Gasteiger partial charge on any atom is -0.480 e. The molecule has 2 aromatic rings. The maximum absolute atomic E-state index is 11.5. The second-order valence-electron chi connectivity index (χ2n) is 5.63. The summed E-state index contributed by atoms with van der Waals surface area (Å²) in [7, 11) is 1.75. The van der Waals surface area contributed by atoms with Crippen LogP contribution in [-0.4, -0.2) is 28.9 Å². The minimum absolute atomic E-state index is 0.356. The molecule has 2 atom stereocenters. The van der Waals surface area contributed by atoms with Gasteiger partial charge >= 0.3 is 5.97 Å². The number of carboxylic acids is 1. The van der Waals surface area contributed by atoms with Crippen LogP contribution >= 0.6 is 11.8 Å². The van der Waals surface area contributed by atoms with E-state index in [-0.39, 0.29) is 0 Å². The number of rotatable bonds is 4. The smallest absolute Gasteiger partial charge is 0.323 e. The molecule has 2 unspecified atom stereocenters. The molecule has 0 amide bonds. The highest BCUT2D eigenvalue weighted by atomic mass is 32.2. The largest absolute Gasteiger partial charge is 0.480 e. The molecule has 0 heterocycles. The predicted octanol–water partition coefficient (Wildman–Crippen LogP) is 3.53. The Morgan fingerprint density at radius 1 is 1.29 bits per heavy atom. The van der Waals surface area contributed by atoms with Crippen molar-refractivity contribution in [1.29, 1.82) is 0 Å². The number of thioether (sulfide) groups is 1. The van der Waals surface area contributed by atoms with E-state index in [4.69, 9.17) is 0 Å². The molecule has 0 aliphatic heterocycles. The van der Waals surface area contributed by atoms with E-state index < -0.39 is 11.5 Å². The number of hydrogen-bond donors (Lipinski definition) is 2. The molecule has 1 fully saturated rings. The zero-order valence-corrected chi connectivity index (χ0v) is 12.8. The third-order valence-electron chi connectivity index (χ3n) is 4.38. The van der Waals surface area contributed by atoms with Gasteiger partial charge in [-0.15, -0.1) is 11.8 Å². The van der Waals surface area contributed by atoms with Crippen molar-refractivity contribution in [2.75, 3.05) is 7.05 Å². The molecular formula is C17H19NO2S. The maximum Gasteiger partial charge on any atom is 0.323 e. The molecular weight excluding hydrogens is 282 g/mol. The molecule has 3 rings (SSSR count). The fourth-order valence-electron chi connectivity index (χ4n) is 3.06. The zero-order chi connectivity index (χ0) is 14.9. The summed E-state index contributed by atoms with van der Waals surface area (Å²) in [6.07, 6.45) is 2.31. The summed E-state index contributed by atoms with van der Waals surface area (Å²) in [6.45, 7) is 0. The third-order valence-corrected chi connectivity index (χ3v) is 5.64. The van der Waals surface area contributed by atoms with Gasteiger partial charge in [0, 0.05) is 10.1 Å². The van der Waals surface area contributed by atoms with Gasteiger partial charge in [0.2, 0.25) is 0 Å². The van der Waals surface area contributed by atoms with E-state index in [1.165, 1.54) is 15.7 Å². The van der Waals surface area contributed by atoms with E-state index in [1.807, 2.05) is 12.1 Å². The fourth-order valence-corrected chi connectivity index (χ4v) is 4.39. The van der Waals surface area contributed by atoms with Gasteiger partial charge in [0.1, 0.15) is 5.54 Å². The number of carbonyl (C=O) groups is 1. The monoisotopic (exact) mass is 301 g/mol. The number of fused-ring (bicyclic) bond motifs is 1. The van der Waals surface area contributed by atoms with Gasteiger partial charge in [-0.3, -0.25) is 4.79 Å². The van der Waals surface area contributed by atoms with Gasteiger partial charge in [-0.25, -0.2) is 0 Å². The number of likely N-dealkylation sites (N-methyl/N-ethyl adjacent to an activating group) is 1. The van der Waals surface area contributed by atoms with Crippen LogP contribution in [0, 0.1) is 0 Å². The molecule has 0 saturated heterocycles. The van der Waals surface area contributed by atoms with Gasteiger partial charge in [0.15, 0.2) is 0 Å². The lowest BCUT2D eigenvalue weighted by molar-refractivity contribution is -0.144. The average Bonchev–Trinajstić information content (AvgIpc) is 2.92. The van der Waals surface area contributed by atoms with Crippen molar-refractivity contribution >= 4 is 28.5 Å². The highest BCUT2D eigenvalue weighted by Crippen LogP contribution is 2.40. The first kappa shape index (κ1) is 14.4. The average molecular weight is 301 g/mol. The summed E-state index contributed by atoms with van der Waals surface area (Å²) in [5.41, 5.74) is -0.742. The SMILES string of the molecule is CNC1(C(=O)O)CCC(Sc2ccc3ccccc3c2)C1. The van der Waals surface area contributed by atoms with E-state index >= 15 is 0 Å². The summed E-state index contributed by atoms with van der Waals surface area (Å²) in [5.74, 6) is -0.730. The molecule has 3 nitrogen and oxygen atoms in total. The summed E-state index contributed by atoms with van der Waals surface area (Å²) in [5, 5.41) is 15.3. The van der Waals surface area contributed by atoms with Crippen LogP contribution in [0.1, 0.15) is 19.3 Å². The molecule has 1 aliphatic carbocycles. The minimum atomic E-state index is -0.742. The van der Waals surface area contributed by atoms with Crippen LogP contribution in [0.15, 0.2) is 47.4 Å². The van der Waals surface area contributed by atoms with Crippen molar-refractivity contribution in [3.63, 3.8) is 0 Å². The van der Waals surface area contributed by atoms with Gasteiger partial charge in [-0.1, -0.05) is 30.3 Å². The molecule has 1 saturated carbocycles. The molecule has 0 spiro atoms. The first-order chi connectivity index (χ1) is 10.1. The predicted molar refractivity (Wildman–Crippen MR) is 86.9 cm³/mol. The Bertz CT molecular complexity index is 673. The van der Waals surface area contributed by atoms with E-state index in [0.717, 1.165) is 6.42 Å². The number of carboxylic acid groups (broad SMARTS) is 1. The normalized spacial score (nSPS) is 25.3. The van der Waals surface area contributed by atoms with Crippen LogP contribution in [0.2, 0.25) is 0 Å². The Kier molecular flexibility index (Phi) is 3.91. The number of benzene rings is 2. The van der Waals surface area contributed by atoms with Crippen LogP contribution in [0.5, 0.6) is 0 Å². The quantitative estimate of drug-likeness (QED) is 0.907. The van der Waals surface area contributed by atoms with Crippen LogP contribution in [-0.2, 0) is 4.79 Å². The Morgan fingerprint density at radius 2 is 2.05 bits per heavy atom. The molecule has 0 bridgehead atoms. The first-order valence-corrected chi connectivity index (χ1v) is 8.09. The van der Waals surface area contributed by atoms with Crippen molar-refractivity contribution in [3.05, 3.63) is 42.5 Å². The molecule has 4 heteroatoms. The Hall–Kier alpha value is -1.52. The molecule has 0 radical (unpaired) electrons. The second-order valence-corrected chi connectivity index (χ2v) is 7.00. The first-order valence-electron chi connectivity index (χ1n) is 7.21. The lowest BCUT2D eigenvalue weighted by Crippen LogP contribution is -2.48. The highest BCUT2D eigenvalue weighted by Gasteiger charge is 2.44. The van der Waals surface area contributed by atoms with Gasteiger partial charge < -0.3 is 10.4 Å². The molecule has 0 aromatic heterocycles. The summed E-state index contributed by atoms with van der Waals surface area (Å²) in [4.78, 5) is 12.7. The Balaban J connectivity index is 1.76. The van der Waals surface area contributed by atoms with Crippen molar-refractivity contribution in [1.82, 2.24) is 5.32 Å². The summed E-state index contributed by atoms with van der Waals surface area (Å²) >= 11 is 1.80. The maximum atomic E-state index is 11.5. The molecule has 2 aromatic carbocycles. The lowest BCUT2D eigenvalue weighted by atomic mass is 9.99. The second kappa shape index (κ2) is 5.70. The number of aliphatic carboxylic acids is 1. The van der Waals surface area contributed by atoms with Crippen molar-refractivity contribution in [3.8, 4) is 0 Å². The summed E-state index contributed by atoms with van der Waals surface area (Å²) in [6, 6.07) is 14.8. The summed E-state index contributed by atoms with van der Waals surface area (Å²) < 4.78 is 0. The zero-order valence-electron chi connectivity index (χ0n) is 12.0. The van der Waals surface area contributed by atoms with Crippen molar-refractivity contribution in [2.45, 2.75) is 34.9 Å². The highest BCUT2D eigenvalue weighted by molar-refractivity contribution is 8.00. The molecule has 21 heavy (non-hydrogen) atoms. The number of hydrogen-bond acceptors (Lipinski definition) is 3. The van der Waals surface area contributed by atoms with E-state index in [0.29, 0.717) is 18.1 Å². The third kappa shape index (κ3) is 2.78. The van der Waals surface area contributed by atoms with E-state index in [9.17, 15) is 9.90 Å². The lowest BCUT2D eigenvalue weighted by Gasteiger charge is -2.23. The molecule has 110 valence electrons. The van der Waals surface area contributed by atoms with Gasteiger partial charge in [-0.2, -0.15) is 0 Å². The Labute approximate surface area is 128 Å². The van der Waals surface area contributed by atoms with Crippen LogP contribution < -0.4 is 5.32 Å². The van der Waals surface area contributed by atoms with Gasteiger partial charge in [0.25, 0.3) is 0 Å². The topological polar surface area (TPSA) is 49.3 Å². The van der Waals surface area contributed by atoms with Crippen LogP contribution in [0.3, 0.4) is 0 Å². The van der Waals surface area contributed by atoms with Gasteiger partial charge in [0.05, 0.1) is 0 Å². The molecule has 2 N–H and O–H groups in total. The fraction of sp³-hybridized carbons (Fsp3) is 0.353. The van der Waals surface area contributed by atoms with E-state index in [2.05, 4.69) is 35.6 Å². The van der Waals surface area contributed by atoms with Crippen molar-refractivity contribution in [2.24, 2.45) is 0 Å². The van der Waals surface area contributed by atoms with Crippen LogP contribution in [0.4, 0.5) is 0 Å². The standard InChI is InChI=1S/C17H19NO2S/c1-18-17(16(19)20)9-8-15(11-17)21-14-7-6-12-4-2-3-5-13(12)10-14/h2-7,10,15,18H,8-9,11H2,1H3,(H,19,20). The Morgan fingerprint density at radius 3 is 2.71 bits per heavy atom. The van der Waals surface area contributed by atoms with Gasteiger partial charge in [-0.05, 0) is 49.2 Å². The molecule has 1 aliphatic rings.